The van der Waals surface area contributed by atoms with Crippen molar-refractivity contribution in [3.63, 3.8) is 0 Å². The van der Waals surface area contributed by atoms with E-state index in [1.165, 1.54) is 0 Å². The van der Waals surface area contributed by atoms with E-state index in [4.69, 9.17) is 4.74 Å². The van der Waals surface area contributed by atoms with Gasteiger partial charge in [-0.2, -0.15) is 0 Å². The Bertz CT molecular complexity index is 999. The average molecular weight is 480 g/mol. The van der Waals surface area contributed by atoms with Crippen LogP contribution in [0, 0.1) is 5.92 Å². The van der Waals surface area contributed by atoms with Crippen LogP contribution in [0.15, 0.2) is 54.6 Å². The summed E-state index contributed by atoms with van der Waals surface area (Å²) in [5, 5.41) is 5.66. The molecule has 2 N–H and O–H groups in total. The normalized spacial score (nSPS) is 13.7. The summed E-state index contributed by atoms with van der Waals surface area (Å²) in [5.74, 6) is -1.11. The number of unbranched alkanes of at least 4 members (excludes halogenated alkanes) is 2. The molecule has 8 heteroatoms. The number of nitrogens with one attached hydrogen (secondary N) is 2. The molecule has 2 aromatic carbocycles. The summed E-state index contributed by atoms with van der Waals surface area (Å²) in [7, 11) is 0. The minimum absolute atomic E-state index is 0.0462. The van der Waals surface area contributed by atoms with Crippen molar-refractivity contribution < 1.29 is 23.9 Å². The number of anilines is 2. The number of hydrogen-bond acceptors (Lipinski definition) is 5. The highest BCUT2D eigenvalue weighted by Gasteiger charge is 2.29. The van der Waals surface area contributed by atoms with Gasteiger partial charge in [-0.25, -0.2) is 4.79 Å². The van der Waals surface area contributed by atoms with Gasteiger partial charge in [0, 0.05) is 36.4 Å². The van der Waals surface area contributed by atoms with Gasteiger partial charge in [0.25, 0.3) is 0 Å². The van der Waals surface area contributed by atoms with E-state index in [9.17, 15) is 19.2 Å². The van der Waals surface area contributed by atoms with Crippen LogP contribution in [0.2, 0.25) is 0 Å². The van der Waals surface area contributed by atoms with Crippen LogP contribution in [0.4, 0.5) is 16.2 Å². The minimum Gasteiger partial charge on any atom is -0.457 e. The first-order valence-electron chi connectivity index (χ1n) is 12.2. The molecule has 0 saturated carbocycles. The number of ether oxygens (including phenoxy) is 1. The van der Waals surface area contributed by atoms with E-state index >= 15 is 0 Å². The van der Waals surface area contributed by atoms with E-state index in [0.717, 1.165) is 24.9 Å². The van der Waals surface area contributed by atoms with Gasteiger partial charge in [-0.3, -0.25) is 14.4 Å². The summed E-state index contributed by atoms with van der Waals surface area (Å²) < 4.78 is 5.26. The van der Waals surface area contributed by atoms with Crippen LogP contribution in [0.5, 0.6) is 0 Å². The van der Waals surface area contributed by atoms with Crippen molar-refractivity contribution in [1.82, 2.24) is 4.90 Å². The molecule has 0 bridgehead atoms. The highest BCUT2D eigenvalue weighted by atomic mass is 16.5. The van der Waals surface area contributed by atoms with Crippen LogP contribution >= 0.6 is 0 Å². The molecule has 1 aliphatic heterocycles. The van der Waals surface area contributed by atoms with Crippen LogP contribution < -0.4 is 10.6 Å². The Morgan fingerprint density at radius 2 is 1.54 bits per heavy atom. The molecular weight excluding hydrogens is 446 g/mol. The number of urea groups is 1. The zero-order valence-corrected chi connectivity index (χ0v) is 20.1. The van der Waals surface area contributed by atoms with Gasteiger partial charge >= 0.3 is 12.0 Å². The molecule has 3 rings (SSSR count). The molecule has 35 heavy (non-hydrogen) atoms. The van der Waals surface area contributed by atoms with Crippen molar-refractivity contribution in [2.75, 3.05) is 30.3 Å². The number of likely N-dealkylation sites (tertiary alicyclic amines) is 1. The summed E-state index contributed by atoms with van der Waals surface area (Å²) >= 11 is 0. The quantitative estimate of drug-likeness (QED) is 0.287. The molecule has 8 nitrogen and oxygen atoms in total. The number of esters is 1. The van der Waals surface area contributed by atoms with Crippen LogP contribution in [0.3, 0.4) is 0 Å². The number of hydrogen-bond donors (Lipinski definition) is 2. The zero-order valence-electron chi connectivity index (χ0n) is 20.1. The highest BCUT2D eigenvalue weighted by molar-refractivity contribution is 5.99. The number of carbonyl (C=O) groups is 4. The fourth-order valence-electron chi connectivity index (χ4n) is 3.88. The molecule has 0 atom stereocenters. The van der Waals surface area contributed by atoms with Crippen LogP contribution in [-0.4, -0.2) is 48.3 Å². The first-order valence-corrected chi connectivity index (χ1v) is 12.2. The Hall–Kier alpha value is -3.68. The fraction of sp³-hybridized carbons (Fsp3) is 0.407. The number of amides is 3. The van der Waals surface area contributed by atoms with E-state index in [1.807, 2.05) is 30.3 Å². The second-order valence-electron chi connectivity index (χ2n) is 8.67. The lowest BCUT2D eigenvalue weighted by Crippen LogP contribution is -2.42. The number of ketones is 1. The molecule has 0 radical (unpaired) electrons. The lowest BCUT2D eigenvalue weighted by Gasteiger charge is -2.30. The van der Waals surface area contributed by atoms with E-state index in [-0.39, 0.29) is 30.2 Å². The molecule has 0 aromatic heterocycles. The molecule has 186 valence electrons. The Morgan fingerprint density at radius 1 is 0.886 bits per heavy atom. The van der Waals surface area contributed by atoms with Gasteiger partial charge < -0.3 is 20.3 Å². The van der Waals surface area contributed by atoms with Crippen molar-refractivity contribution in [3.05, 3.63) is 60.2 Å². The molecule has 0 unspecified atom stereocenters. The third-order valence-electron chi connectivity index (χ3n) is 5.98. The summed E-state index contributed by atoms with van der Waals surface area (Å²) in [6.45, 7) is 2.63. The Kier molecular flexibility index (Phi) is 9.83. The second-order valence-corrected chi connectivity index (χ2v) is 8.67. The van der Waals surface area contributed by atoms with Crippen LogP contribution in [0.1, 0.15) is 55.8 Å². The number of piperidine rings is 1. The monoisotopic (exact) mass is 479 g/mol. The number of carbonyl (C=O) groups excluding carboxylic acids is 4. The minimum atomic E-state index is -0.419. The topological polar surface area (TPSA) is 105 Å². The Balaban J connectivity index is 1.38. The van der Waals surface area contributed by atoms with Crippen molar-refractivity contribution in [2.24, 2.45) is 5.92 Å². The first-order chi connectivity index (χ1) is 17.0. The third-order valence-corrected chi connectivity index (χ3v) is 5.98. The fourth-order valence-corrected chi connectivity index (χ4v) is 3.88. The molecular formula is C27H33N3O5. The first kappa shape index (κ1) is 25.9. The van der Waals surface area contributed by atoms with E-state index in [1.54, 1.807) is 29.2 Å². The summed E-state index contributed by atoms with van der Waals surface area (Å²) in [4.78, 5) is 50.8. The molecule has 1 fully saturated rings. The SMILES string of the molecule is CCCCCC(=O)Nc1ccc(C(=O)COC(=O)C2CCN(C(=O)Nc3ccccc3)CC2)cc1. The van der Waals surface area contributed by atoms with Gasteiger partial charge in [-0.05, 0) is 55.7 Å². The lowest BCUT2D eigenvalue weighted by molar-refractivity contribution is -0.148. The van der Waals surface area contributed by atoms with E-state index in [0.29, 0.717) is 43.6 Å². The third kappa shape index (κ3) is 8.24. The maximum atomic E-state index is 12.4. The Morgan fingerprint density at radius 3 is 2.20 bits per heavy atom. The maximum absolute atomic E-state index is 12.4. The van der Waals surface area contributed by atoms with Crippen molar-refractivity contribution in [3.8, 4) is 0 Å². The molecule has 0 aliphatic carbocycles. The van der Waals surface area contributed by atoms with Crippen molar-refractivity contribution in [2.45, 2.75) is 45.4 Å². The number of nitrogens with zero attached hydrogens (tertiary/aromatic N) is 1. The number of para-hydroxylation sites is 1. The predicted molar refractivity (Wildman–Crippen MR) is 134 cm³/mol. The molecule has 0 spiro atoms. The van der Waals surface area contributed by atoms with Crippen molar-refractivity contribution in [1.29, 1.82) is 0 Å². The van der Waals surface area contributed by atoms with Gasteiger partial charge in [-0.15, -0.1) is 0 Å². The van der Waals surface area contributed by atoms with Gasteiger partial charge in [0.05, 0.1) is 5.92 Å². The predicted octanol–water partition coefficient (Wildman–Crippen LogP) is 4.88. The summed E-state index contributed by atoms with van der Waals surface area (Å²) in [5.41, 5.74) is 1.76. The number of Topliss-reactive ketones (excluding diaryl/α,β-unsaturated/α-hetero) is 1. The largest absolute Gasteiger partial charge is 0.457 e. The van der Waals surface area contributed by atoms with Gasteiger partial charge in [0.2, 0.25) is 5.91 Å². The summed E-state index contributed by atoms with van der Waals surface area (Å²) in [6.07, 6.45) is 4.37. The zero-order chi connectivity index (χ0) is 25.0. The maximum Gasteiger partial charge on any atom is 0.321 e. The molecule has 3 amide bonds. The Labute approximate surface area is 206 Å². The molecule has 1 saturated heterocycles. The van der Waals surface area contributed by atoms with Crippen molar-refractivity contribution >= 4 is 35.1 Å². The van der Waals surface area contributed by atoms with E-state index in [2.05, 4.69) is 17.6 Å². The second kappa shape index (κ2) is 13.3. The van der Waals surface area contributed by atoms with Crippen LogP contribution in [0.25, 0.3) is 0 Å². The highest BCUT2D eigenvalue weighted by Crippen LogP contribution is 2.20. The van der Waals surface area contributed by atoms with Crippen LogP contribution in [-0.2, 0) is 14.3 Å². The smallest absolute Gasteiger partial charge is 0.321 e. The van der Waals surface area contributed by atoms with E-state index < -0.39 is 5.97 Å². The lowest BCUT2D eigenvalue weighted by atomic mass is 9.97. The summed E-state index contributed by atoms with van der Waals surface area (Å²) in [6, 6.07) is 15.6. The standard InChI is InChI=1S/C27H33N3O5/c1-2-3-5-10-25(32)28-23-13-11-20(12-14-23)24(31)19-35-26(33)21-15-17-30(18-16-21)27(34)29-22-8-6-4-7-9-22/h4,6-9,11-14,21H,2-3,5,10,15-19H2,1H3,(H,28,32)(H,29,34). The molecule has 1 heterocycles. The number of benzene rings is 2. The average Bonchev–Trinajstić information content (AvgIpc) is 2.88. The number of rotatable bonds is 10. The molecule has 1 aliphatic rings. The van der Waals surface area contributed by atoms with Gasteiger partial charge in [0.15, 0.2) is 12.4 Å². The van der Waals surface area contributed by atoms with Gasteiger partial charge in [-0.1, -0.05) is 38.0 Å². The molecule has 2 aromatic rings. The van der Waals surface area contributed by atoms with Gasteiger partial charge in [0.1, 0.15) is 0 Å².